The number of sulfonamides is 1. The zero-order valence-corrected chi connectivity index (χ0v) is 14.5. The molecule has 7 heteroatoms. The fraction of sp³-hybridized carbons (Fsp3) is 0.438. The second-order valence-electron chi connectivity index (χ2n) is 5.72. The third kappa shape index (κ3) is 4.33. The number of H-pyrrole nitrogens is 1. The molecule has 2 N–H and O–H groups in total. The molecule has 2 aromatic rings. The highest BCUT2D eigenvalue weighted by atomic mass is 32.2. The number of aromatic nitrogens is 1. The van der Waals surface area contributed by atoms with Crippen LogP contribution in [0.4, 0.5) is 0 Å². The summed E-state index contributed by atoms with van der Waals surface area (Å²) in [5.41, 5.74) is 3.36. The lowest BCUT2D eigenvalue weighted by molar-refractivity contribution is -0.120. The zero-order chi connectivity index (χ0) is 17.0. The predicted octanol–water partition coefficient (Wildman–Crippen LogP) is 1.42. The van der Waals surface area contributed by atoms with Crippen LogP contribution >= 0.6 is 0 Å². The molecule has 0 spiro atoms. The molecule has 1 heterocycles. The second-order valence-corrected chi connectivity index (χ2v) is 8.02. The van der Waals surface area contributed by atoms with Gasteiger partial charge >= 0.3 is 0 Å². The Hall–Kier alpha value is -1.86. The highest BCUT2D eigenvalue weighted by Gasteiger charge is 2.15. The number of hydrogen-bond acceptors (Lipinski definition) is 3. The van der Waals surface area contributed by atoms with Gasteiger partial charge in [0.15, 0.2) is 0 Å². The molecule has 1 amide bonds. The Kier molecular flexibility index (Phi) is 5.43. The molecule has 0 fully saturated rings. The molecule has 0 bridgehead atoms. The first-order valence-corrected chi connectivity index (χ1v) is 9.15. The number of amides is 1. The van der Waals surface area contributed by atoms with Crippen LogP contribution in [0, 0.1) is 6.92 Å². The van der Waals surface area contributed by atoms with Crippen LogP contribution in [-0.4, -0.2) is 50.0 Å². The molecule has 0 saturated carbocycles. The van der Waals surface area contributed by atoms with E-state index in [4.69, 9.17) is 0 Å². The van der Waals surface area contributed by atoms with Crippen molar-refractivity contribution in [1.82, 2.24) is 14.6 Å². The minimum absolute atomic E-state index is 0.0205. The zero-order valence-electron chi connectivity index (χ0n) is 13.7. The molecule has 0 aliphatic heterocycles. The van der Waals surface area contributed by atoms with Gasteiger partial charge in [-0.25, -0.2) is 12.7 Å². The number of aromatic amines is 1. The lowest BCUT2D eigenvalue weighted by Crippen LogP contribution is -2.31. The smallest absolute Gasteiger partial charge is 0.221 e. The lowest BCUT2D eigenvalue weighted by Gasteiger charge is -2.11. The first kappa shape index (κ1) is 17.5. The third-order valence-corrected chi connectivity index (χ3v) is 5.70. The maximum Gasteiger partial charge on any atom is 0.221 e. The van der Waals surface area contributed by atoms with E-state index in [-0.39, 0.29) is 18.1 Å². The molecular weight excluding hydrogens is 314 g/mol. The molecule has 23 heavy (non-hydrogen) atoms. The summed E-state index contributed by atoms with van der Waals surface area (Å²) in [5, 5.41) is 3.95. The van der Waals surface area contributed by atoms with Crippen LogP contribution in [0.5, 0.6) is 0 Å². The van der Waals surface area contributed by atoms with E-state index >= 15 is 0 Å². The topological polar surface area (TPSA) is 82.3 Å². The normalized spacial score (nSPS) is 12.0. The Labute approximate surface area is 136 Å². The van der Waals surface area contributed by atoms with Gasteiger partial charge in [0.1, 0.15) is 0 Å². The third-order valence-electron chi connectivity index (χ3n) is 3.87. The summed E-state index contributed by atoms with van der Waals surface area (Å²) < 4.78 is 24.4. The Bertz CT molecular complexity index is 794. The van der Waals surface area contributed by atoms with E-state index < -0.39 is 10.0 Å². The van der Waals surface area contributed by atoms with E-state index in [1.165, 1.54) is 19.7 Å². The van der Waals surface area contributed by atoms with Gasteiger partial charge in [-0.2, -0.15) is 0 Å². The van der Waals surface area contributed by atoms with Crippen LogP contribution in [0.2, 0.25) is 0 Å². The molecule has 1 aromatic carbocycles. The summed E-state index contributed by atoms with van der Waals surface area (Å²) in [4.78, 5) is 15.1. The average Bonchev–Trinajstić information content (AvgIpc) is 2.81. The van der Waals surface area contributed by atoms with E-state index in [9.17, 15) is 13.2 Å². The second kappa shape index (κ2) is 7.14. The highest BCUT2D eigenvalue weighted by molar-refractivity contribution is 7.89. The number of benzene rings is 1. The van der Waals surface area contributed by atoms with Gasteiger partial charge < -0.3 is 10.3 Å². The number of nitrogens with one attached hydrogen (secondary N) is 2. The molecule has 0 aliphatic carbocycles. The minimum atomic E-state index is -3.33. The molecule has 0 atom stereocenters. The molecule has 126 valence electrons. The van der Waals surface area contributed by atoms with Crippen molar-refractivity contribution in [2.24, 2.45) is 0 Å². The van der Waals surface area contributed by atoms with E-state index in [1.807, 2.05) is 25.1 Å². The van der Waals surface area contributed by atoms with Crippen molar-refractivity contribution >= 4 is 26.8 Å². The summed E-state index contributed by atoms with van der Waals surface area (Å²) >= 11 is 0. The maximum absolute atomic E-state index is 11.8. The van der Waals surface area contributed by atoms with Gasteiger partial charge in [-0.1, -0.05) is 18.2 Å². The van der Waals surface area contributed by atoms with Crippen LogP contribution in [0.1, 0.15) is 17.7 Å². The number of carbonyl (C=O) groups is 1. The first-order chi connectivity index (χ1) is 10.8. The van der Waals surface area contributed by atoms with Gasteiger partial charge in [0.25, 0.3) is 0 Å². The number of carbonyl (C=O) groups excluding carboxylic acids is 1. The fourth-order valence-corrected chi connectivity index (χ4v) is 3.28. The van der Waals surface area contributed by atoms with Gasteiger partial charge in [0.2, 0.25) is 15.9 Å². The van der Waals surface area contributed by atoms with Gasteiger partial charge in [-0.15, -0.1) is 0 Å². The first-order valence-electron chi connectivity index (χ1n) is 7.54. The Morgan fingerprint density at radius 2 is 1.96 bits per heavy atom. The molecular formula is C16H23N3O3S. The van der Waals surface area contributed by atoms with Crippen LogP contribution in [-0.2, 0) is 21.2 Å². The standard InChI is InChI=1S/C16H23N3O3S/c1-12-13(14-6-4-5-7-15(14)18-12)8-10-17-16(20)9-11-23(21,22)19(2)3/h4-7,18H,8-11H2,1-3H3,(H,17,20). The summed E-state index contributed by atoms with van der Waals surface area (Å²) in [7, 11) is -0.399. The van der Waals surface area contributed by atoms with E-state index in [1.54, 1.807) is 0 Å². The van der Waals surface area contributed by atoms with E-state index in [0.29, 0.717) is 13.0 Å². The number of hydrogen-bond donors (Lipinski definition) is 2. The lowest BCUT2D eigenvalue weighted by atomic mass is 10.1. The number of aryl methyl sites for hydroxylation is 1. The monoisotopic (exact) mass is 337 g/mol. The molecule has 0 unspecified atom stereocenters. The van der Waals surface area contributed by atoms with Crippen molar-refractivity contribution in [3.8, 4) is 0 Å². The molecule has 6 nitrogen and oxygen atoms in total. The maximum atomic E-state index is 11.8. The number of rotatable bonds is 7. The predicted molar refractivity (Wildman–Crippen MR) is 91.8 cm³/mol. The molecule has 1 aromatic heterocycles. The van der Waals surface area contributed by atoms with Gasteiger partial charge in [0, 0.05) is 43.7 Å². The average molecular weight is 337 g/mol. The Balaban J connectivity index is 1.87. The molecule has 2 rings (SSSR count). The quantitative estimate of drug-likeness (QED) is 0.801. The van der Waals surface area contributed by atoms with Gasteiger partial charge in [-0.05, 0) is 25.0 Å². The van der Waals surface area contributed by atoms with Crippen LogP contribution in [0.15, 0.2) is 24.3 Å². The van der Waals surface area contributed by atoms with Crippen molar-refractivity contribution < 1.29 is 13.2 Å². The van der Waals surface area contributed by atoms with Crippen LogP contribution in [0.25, 0.3) is 10.9 Å². The van der Waals surface area contributed by atoms with Crippen molar-refractivity contribution in [3.63, 3.8) is 0 Å². The van der Waals surface area contributed by atoms with Crippen LogP contribution < -0.4 is 5.32 Å². The molecule has 0 aliphatic rings. The highest BCUT2D eigenvalue weighted by Crippen LogP contribution is 2.21. The Morgan fingerprint density at radius 1 is 1.26 bits per heavy atom. The van der Waals surface area contributed by atoms with Crippen molar-refractivity contribution in [1.29, 1.82) is 0 Å². The molecule has 0 radical (unpaired) electrons. The SMILES string of the molecule is Cc1[nH]c2ccccc2c1CCNC(=O)CCS(=O)(=O)N(C)C. The Morgan fingerprint density at radius 3 is 2.65 bits per heavy atom. The summed E-state index contributed by atoms with van der Waals surface area (Å²) in [5.74, 6) is -0.411. The number of fused-ring (bicyclic) bond motifs is 1. The van der Waals surface area contributed by atoms with Gasteiger partial charge in [-0.3, -0.25) is 4.79 Å². The summed E-state index contributed by atoms with van der Waals surface area (Å²) in [6, 6.07) is 8.05. The number of nitrogens with zero attached hydrogens (tertiary/aromatic N) is 1. The van der Waals surface area contributed by atoms with Crippen molar-refractivity contribution in [2.45, 2.75) is 19.8 Å². The van der Waals surface area contributed by atoms with E-state index in [0.717, 1.165) is 20.9 Å². The molecule has 0 saturated heterocycles. The largest absolute Gasteiger partial charge is 0.358 e. The van der Waals surface area contributed by atoms with Crippen LogP contribution in [0.3, 0.4) is 0 Å². The minimum Gasteiger partial charge on any atom is -0.358 e. The van der Waals surface area contributed by atoms with E-state index in [2.05, 4.69) is 16.4 Å². The number of para-hydroxylation sites is 1. The fourth-order valence-electron chi connectivity index (χ4n) is 2.48. The van der Waals surface area contributed by atoms with Crippen molar-refractivity contribution in [3.05, 3.63) is 35.5 Å². The summed E-state index contributed by atoms with van der Waals surface area (Å²) in [6.45, 7) is 2.50. The summed E-state index contributed by atoms with van der Waals surface area (Å²) in [6.07, 6.45) is 0.690. The van der Waals surface area contributed by atoms with Crippen molar-refractivity contribution in [2.75, 3.05) is 26.4 Å². The van der Waals surface area contributed by atoms with Gasteiger partial charge in [0.05, 0.1) is 5.75 Å².